The van der Waals surface area contributed by atoms with E-state index >= 15 is 0 Å². The van der Waals surface area contributed by atoms with Crippen molar-refractivity contribution in [1.29, 1.82) is 0 Å². The first-order valence-corrected chi connectivity index (χ1v) is 11.3. The van der Waals surface area contributed by atoms with Gasteiger partial charge in [0, 0.05) is 0 Å². The van der Waals surface area contributed by atoms with Crippen LogP contribution in [0.4, 0.5) is 5.95 Å². The maximum Gasteiger partial charge on any atom is 0.249 e. The average Bonchev–Trinajstić information content (AvgIpc) is 3.38. The molecular formula is C20H16ClN5O4S. The van der Waals surface area contributed by atoms with Gasteiger partial charge < -0.3 is 9.40 Å². The monoisotopic (exact) mass is 457 g/mol. The van der Waals surface area contributed by atoms with Gasteiger partial charge in [0.1, 0.15) is 11.5 Å². The number of halogens is 1. The topological polar surface area (TPSA) is 131 Å². The number of aromatic amines is 1. The van der Waals surface area contributed by atoms with Crippen LogP contribution in [-0.2, 0) is 20.4 Å². The van der Waals surface area contributed by atoms with Crippen molar-refractivity contribution in [1.82, 2.24) is 20.2 Å². The van der Waals surface area contributed by atoms with Crippen LogP contribution < -0.4 is 5.32 Å². The van der Waals surface area contributed by atoms with Crippen molar-refractivity contribution < 1.29 is 17.6 Å². The van der Waals surface area contributed by atoms with Gasteiger partial charge in [-0.2, -0.15) is 0 Å². The lowest BCUT2D eigenvalue weighted by Gasteiger charge is -2.03. The Morgan fingerprint density at radius 1 is 1.06 bits per heavy atom. The Morgan fingerprint density at radius 3 is 2.58 bits per heavy atom. The summed E-state index contributed by atoms with van der Waals surface area (Å²) in [6, 6.07) is 16.2. The number of carbonyl (C=O) groups excluding carboxylic acids is 1. The van der Waals surface area contributed by atoms with Gasteiger partial charge >= 0.3 is 0 Å². The molecule has 31 heavy (non-hydrogen) atoms. The molecule has 158 valence electrons. The standard InChI is InChI=1S/C20H16ClN5O4S/c21-15-9-5-4-8-14(15)19-26-25-18(30-19)12-31(28,29)11-17(27)24-20-22-10-16(23-20)13-6-2-1-3-7-13/h1-10H,11-12H2,(H2,22,23,24,27). The van der Waals surface area contributed by atoms with Crippen LogP contribution >= 0.6 is 11.6 Å². The Kier molecular flexibility index (Phi) is 5.83. The van der Waals surface area contributed by atoms with Crippen molar-refractivity contribution in [2.45, 2.75) is 5.75 Å². The van der Waals surface area contributed by atoms with Crippen molar-refractivity contribution in [3.05, 3.63) is 71.7 Å². The summed E-state index contributed by atoms with van der Waals surface area (Å²) in [5.41, 5.74) is 2.07. The predicted octanol–water partition coefficient (Wildman–Crippen LogP) is 3.33. The van der Waals surface area contributed by atoms with Crippen molar-refractivity contribution in [3.63, 3.8) is 0 Å². The van der Waals surface area contributed by atoms with Gasteiger partial charge in [-0.15, -0.1) is 10.2 Å². The van der Waals surface area contributed by atoms with Crippen LogP contribution in [0.2, 0.25) is 5.02 Å². The second-order valence-electron chi connectivity index (χ2n) is 6.57. The third kappa shape index (κ3) is 5.16. The average molecular weight is 458 g/mol. The van der Waals surface area contributed by atoms with Crippen molar-refractivity contribution in [2.75, 3.05) is 11.1 Å². The van der Waals surface area contributed by atoms with Crippen LogP contribution in [0.15, 0.2) is 65.2 Å². The van der Waals surface area contributed by atoms with E-state index in [1.807, 2.05) is 30.3 Å². The van der Waals surface area contributed by atoms with Gasteiger partial charge in [-0.3, -0.25) is 10.1 Å². The number of nitrogens with zero attached hydrogens (tertiary/aromatic N) is 3. The Hall–Kier alpha value is -3.50. The van der Waals surface area contributed by atoms with Crippen molar-refractivity contribution in [2.24, 2.45) is 0 Å². The molecule has 11 heteroatoms. The minimum absolute atomic E-state index is 0.101. The fourth-order valence-electron chi connectivity index (χ4n) is 2.81. The smallest absolute Gasteiger partial charge is 0.249 e. The zero-order valence-corrected chi connectivity index (χ0v) is 17.5. The number of anilines is 1. The van der Waals surface area contributed by atoms with E-state index in [2.05, 4.69) is 25.5 Å². The van der Waals surface area contributed by atoms with Crippen LogP contribution in [0.1, 0.15) is 5.89 Å². The summed E-state index contributed by atoms with van der Waals surface area (Å²) >= 11 is 6.08. The van der Waals surface area contributed by atoms with E-state index in [9.17, 15) is 13.2 Å². The number of sulfone groups is 1. The minimum Gasteiger partial charge on any atom is -0.420 e. The Balaban J connectivity index is 1.39. The second-order valence-corrected chi connectivity index (χ2v) is 9.04. The van der Waals surface area contributed by atoms with E-state index in [-0.39, 0.29) is 17.7 Å². The molecule has 4 rings (SSSR count). The molecule has 9 nitrogen and oxygen atoms in total. The molecule has 0 bridgehead atoms. The number of H-pyrrole nitrogens is 1. The fraction of sp³-hybridized carbons (Fsp3) is 0.100. The number of benzene rings is 2. The third-order valence-electron chi connectivity index (χ3n) is 4.18. The highest BCUT2D eigenvalue weighted by atomic mass is 35.5. The van der Waals surface area contributed by atoms with Gasteiger partial charge in [-0.05, 0) is 17.7 Å². The number of carbonyl (C=O) groups is 1. The molecule has 2 aromatic carbocycles. The lowest BCUT2D eigenvalue weighted by atomic mass is 10.2. The summed E-state index contributed by atoms with van der Waals surface area (Å²) in [4.78, 5) is 19.2. The van der Waals surface area contributed by atoms with Gasteiger partial charge in [-0.25, -0.2) is 13.4 Å². The van der Waals surface area contributed by atoms with E-state index < -0.39 is 27.3 Å². The molecule has 0 saturated carbocycles. The molecule has 0 aliphatic carbocycles. The van der Waals surface area contributed by atoms with Crippen LogP contribution in [0.25, 0.3) is 22.7 Å². The number of nitrogens with one attached hydrogen (secondary N) is 2. The fourth-order valence-corrected chi connectivity index (χ4v) is 4.09. The first-order chi connectivity index (χ1) is 14.9. The SMILES string of the molecule is O=C(CS(=O)(=O)Cc1nnc(-c2ccccc2Cl)o1)Nc1ncc(-c2ccccc2)[nH]1. The van der Waals surface area contributed by atoms with Gasteiger partial charge in [0.05, 0.1) is 22.5 Å². The molecule has 1 amide bonds. The van der Waals surface area contributed by atoms with Crippen LogP contribution in [0, 0.1) is 0 Å². The van der Waals surface area contributed by atoms with Crippen LogP contribution in [0.5, 0.6) is 0 Å². The highest BCUT2D eigenvalue weighted by Gasteiger charge is 2.22. The Bertz CT molecular complexity index is 1320. The molecule has 2 aromatic heterocycles. The quantitative estimate of drug-likeness (QED) is 0.435. The van der Waals surface area contributed by atoms with Crippen molar-refractivity contribution >= 4 is 33.3 Å². The third-order valence-corrected chi connectivity index (χ3v) is 5.90. The van der Waals surface area contributed by atoms with E-state index in [0.717, 1.165) is 5.56 Å². The summed E-state index contributed by atoms with van der Waals surface area (Å²) in [7, 11) is -3.86. The summed E-state index contributed by atoms with van der Waals surface area (Å²) in [5.74, 6) is -1.96. The van der Waals surface area contributed by atoms with E-state index in [1.54, 1.807) is 30.5 Å². The summed E-state index contributed by atoms with van der Waals surface area (Å²) in [6.45, 7) is 0. The first-order valence-electron chi connectivity index (χ1n) is 9.07. The van der Waals surface area contributed by atoms with Gasteiger partial charge in [0.15, 0.2) is 9.84 Å². The van der Waals surface area contributed by atoms with E-state index in [1.165, 1.54) is 0 Å². The van der Waals surface area contributed by atoms with Crippen LogP contribution in [-0.4, -0.2) is 40.2 Å². The van der Waals surface area contributed by atoms with E-state index in [0.29, 0.717) is 16.3 Å². The minimum atomic E-state index is -3.86. The summed E-state index contributed by atoms with van der Waals surface area (Å²) in [5, 5.41) is 10.4. The molecule has 0 aliphatic rings. The molecule has 0 aliphatic heterocycles. The number of rotatable bonds is 7. The molecular weight excluding hydrogens is 442 g/mol. The molecule has 0 unspecified atom stereocenters. The summed E-state index contributed by atoms with van der Waals surface area (Å²) in [6.07, 6.45) is 1.55. The first kappa shape index (κ1) is 20.8. The van der Waals surface area contributed by atoms with Gasteiger partial charge in [0.25, 0.3) is 0 Å². The molecule has 0 spiro atoms. The number of hydrogen-bond donors (Lipinski definition) is 2. The highest BCUT2D eigenvalue weighted by molar-refractivity contribution is 7.91. The molecule has 0 radical (unpaired) electrons. The zero-order chi connectivity index (χ0) is 21.8. The molecule has 2 heterocycles. The molecule has 4 aromatic rings. The molecule has 2 N–H and O–H groups in total. The maximum atomic E-state index is 12.4. The lowest BCUT2D eigenvalue weighted by molar-refractivity contribution is -0.113. The normalized spacial score (nSPS) is 11.4. The zero-order valence-electron chi connectivity index (χ0n) is 15.9. The maximum absolute atomic E-state index is 12.4. The number of imidazole rings is 1. The van der Waals surface area contributed by atoms with Crippen molar-refractivity contribution in [3.8, 4) is 22.7 Å². The lowest BCUT2D eigenvalue weighted by Crippen LogP contribution is -2.24. The Labute approximate surface area is 182 Å². The van der Waals surface area contributed by atoms with Gasteiger partial charge in [-0.1, -0.05) is 54.1 Å². The van der Waals surface area contributed by atoms with Crippen LogP contribution in [0.3, 0.4) is 0 Å². The molecule has 0 saturated heterocycles. The molecule has 0 atom stereocenters. The second kappa shape index (κ2) is 8.70. The van der Waals surface area contributed by atoms with E-state index in [4.69, 9.17) is 16.0 Å². The number of amides is 1. The largest absolute Gasteiger partial charge is 0.420 e. The predicted molar refractivity (Wildman–Crippen MR) is 115 cm³/mol. The summed E-state index contributed by atoms with van der Waals surface area (Å²) < 4.78 is 30.2. The Morgan fingerprint density at radius 2 is 1.81 bits per heavy atom. The molecule has 0 fully saturated rings. The number of hydrogen-bond acceptors (Lipinski definition) is 7. The number of aromatic nitrogens is 4. The van der Waals surface area contributed by atoms with Gasteiger partial charge in [0.2, 0.25) is 23.6 Å². The highest BCUT2D eigenvalue weighted by Crippen LogP contribution is 2.26.